The van der Waals surface area contributed by atoms with Crippen molar-refractivity contribution in [3.05, 3.63) is 18.7 Å². The van der Waals surface area contributed by atoms with Gasteiger partial charge in [-0.1, -0.05) is 0 Å². The molecule has 1 aromatic heterocycles. The molecule has 0 saturated carbocycles. The zero-order valence-electron chi connectivity index (χ0n) is 12.3. The number of likely N-dealkylation sites (tertiary alicyclic amines) is 1. The summed E-state index contributed by atoms with van der Waals surface area (Å²) in [5.41, 5.74) is -1.09. The van der Waals surface area contributed by atoms with Gasteiger partial charge in [0, 0.05) is 32.0 Å². The number of carboxylic acid groups (broad SMARTS) is 1. The molecular formula is C14H22N4O3. The molecule has 21 heavy (non-hydrogen) atoms. The lowest BCUT2D eigenvalue weighted by atomic mass is 9.89. The Bertz CT molecular complexity index is 488. The number of aromatic nitrogens is 2. The van der Waals surface area contributed by atoms with E-state index in [-0.39, 0.29) is 6.03 Å². The van der Waals surface area contributed by atoms with Gasteiger partial charge >= 0.3 is 12.0 Å². The lowest BCUT2D eigenvalue weighted by Gasteiger charge is -2.41. The smallest absolute Gasteiger partial charge is 0.329 e. The van der Waals surface area contributed by atoms with Crippen LogP contribution in [0.3, 0.4) is 0 Å². The number of hydrogen-bond donors (Lipinski definition) is 2. The number of hydrogen-bond acceptors (Lipinski definition) is 3. The summed E-state index contributed by atoms with van der Waals surface area (Å²) >= 11 is 0. The van der Waals surface area contributed by atoms with Gasteiger partial charge in [-0.25, -0.2) is 14.6 Å². The molecule has 2 amide bonds. The highest BCUT2D eigenvalue weighted by Crippen LogP contribution is 2.28. The predicted octanol–water partition coefficient (Wildman–Crippen LogP) is 1.31. The number of nitrogens with zero attached hydrogens (tertiary/aromatic N) is 3. The van der Waals surface area contributed by atoms with Gasteiger partial charge in [0.15, 0.2) is 0 Å². The number of carboxylic acids is 1. The number of amides is 2. The van der Waals surface area contributed by atoms with Gasteiger partial charge in [-0.3, -0.25) is 0 Å². The highest BCUT2D eigenvalue weighted by atomic mass is 16.4. The topological polar surface area (TPSA) is 87.5 Å². The molecule has 7 nitrogen and oxygen atoms in total. The standard InChI is InChI=1S/C14H22N4O3/c1-14(12(19)20)5-2-3-9-18(14)13(21)16-6-4-8-17-10-7-15-11-17/h7,10-11H,2-6,8-9H2,1H3,(H,16,21)(H,19,20). The molecule has 0 aliphatic carbocycles. The second-order valence-electron chi connectivity index (χ2n) is 5.57. The number of aliphatic carboxylic acids is 1. The van der Waals surface area contributed by atoms with Gasteiger partial charge in [0.2, 0.25) is 0 Å². The molecule has 1 fully saturated rings. The van der Waals surface area contributed by atoms with Crippen LogP contribution >= 0.6 is 0 Å². The lowest BCUT2D eigenvalue weighted by molar-refractivity contribution is -0.150. The van der Waals surface area contributed by atoms with E-state index in [1.54, 1.807) is 19.4 Å². The molecule has 0 spiro atoms. The van der Waals surface area contributed by atoms with Gasteiger partial charge in [-0.05, 0) is 32.6 Å². The Balaban J connectivity index is 1.82. The van der Waals surface area contributed by atoms with Gasteiger partial charge in [0.05, 0.1) is 6.33 Å². The maximum atomic E-state index is 12.2. The summed E-state index contributed by atoms with van der Waals surface area (Å²) in [6, 6.07) is -0.287. The second-order valence-corrected chi connectivity index (χ2v) is 5.57. The van der Waals surface area contributed by atoms with Crippen LogP contribution in [0.4, 0.5) is 4.79 Å². The summed E-state index contributed by atoms with van der Waals surface area (Å²) in [6.45, 7) is 3.41. The summed E-state index contributed by atoms with van der Waals surface area (Å²) in [6.07, 6.45) is 8.29. The van der Waals surface area contributed by atoms with Crippen LogP contribution in [0.2, 0.25) is 0 Å². The molecule has 1 aliphatic rings. The molecule has 2 rings (SSSR count). The second kappa shape index (κ2) is 6.60. The average Bonchev–Trinajstić information content (AvgIpc) is 2.97. The van der Waals surface area contributed by atoms with Crippen molar-refractivity contribution in [1.29, 1.82) is 0 Å². The van der Waals surface area contributed by atoms with Gasteiger partial charge in [0.1, 0.15) is 5.54 Å². The minimum atomic E-state index is -1.09. The normalized spacial score (nSPS) is 22.0. The van der Waals surface area contributed by atoms with Crippen LogP contribution in [0.5, 0.6) is 0 Å². The quantitative estimate of drug-likeness (QED) is 0.802. The maximum Gasteiger partial charge on any atom is 0.329 e. The summed E-state index contributed by atoms with van der Waals surface area (Å²) in [5, 5.41) is 12.2. The third-order valence-electron chi connectivity index (χ3n) is 4.03. The van der Waals surface area contributed by atoms with E-state index in [0.717, 1.165) is 25.8 Å². The van der Waals surface area contributed by atoms with E-state index in [2.05, 4.69) is 10.3 Å². The Morgan fingerprint density at radius 3 is 2.90 bits per heavy atom. The van der Waals surface area contributed by atoms with Crippen LogP contribution in [-0.4, -0.2) is 50.2 Å². The van der Waals surface area contributed by atoms with Gasteiger partial charge in [-0.2, -0.15) is 0 Å². The molecule has 1 atom stereocenters. The number of urea groups is 1. The monoisotopic (exact) mass is 294 g/mol. The van der Waals surface area contributed by atoms with Crippen LogP contribution in [0.25, 0.3) is 0 Å². The Morgan fingerprint density at radius 2 is 2.24 bits per heavy atom. The fourth-order valence-corrected chi connectivity index (χ4v) is 2.64. The summed E-state index contributed by atoms with van der Waals surface area (Å²) < 4.78 is 1.94. The largest absolute Gasteiger partial charge is 0.480 e. The molecule has 1 saturated heterocycles. The van der Waals surface area contributed by atoms with E-state index in [4.69, 9.17) is 0 Å². The molecule has 1 aliphatic heterocycles. The number of aryl methyl sites for hydroxylation is 1. The first kappa shape index (κ1) is 15.3. The van der Waals surface area contributed by atoms with Crippen molar-refractivity contribution in [2.75, 3.05) is 13.1 Å². The van der Waals surface area contributed by atoms with Crippen LogP contribution in [-0.2, 0) is 11.3 Å². The first-order valence-corrected chi connectivity index (χ1v) is 7.28. The lowest BCUT2D eigenvalue weighted by Crippen LogP contribution is -2.60. The molecule has 1 unspecified atom stereocenters. The number of carbonyl (C=O) groups is 2. The first-order valence-electron chi connectivity index (χ1n) is 7.28. The zero-order valence-corrected chi connectivity index (χ0v) is 12.3. The number of nitrogens with one attached hydrogen (secondary N) is 1. The molecule has 0 bridgehead atoms. The van der Waals surface area contributed by atoms with Crippen molar-refractivity contribution < 1.29 is 14.7 Å². The molecular weight excluding hydrogens is 272 g/mol. The SMILES string of the molecule is CC1(C(=O)O)CCCCN1C(=O)NCCCn1ccnc1. The van der Waals surface area contributed by atoms with Crippen LogP contribution < -0.4 is 5.32 Å². The van der Waals surface area contributed by atoms with E-state index >= 15 is 0 Å². The summed E-state index contributed by atoms with van der Waals surface area (Å²) in [5.74, 6) is -0.934. The Morgan fingerprint density at radius 1 is 1.43 bits per heavy atom. The van der Waals surface area contributed by atoms with Crippen molar-refractivity contribution >= 4 is 12.0 Å². The van der Waals surface area contributed by atoms with Crippen molar-refractivity contribution in [3.8, 4) is 0 Å². The van der Waals surface area contributed by atoms with Gasteiger partial charge < -0.3 is 19.9 Å². The van der Waals surface area contributed by atoms with E-state index in [1.165, 1.54) is 4.90 Å². The fraction of sp³-hybridized carbons (Fsp3) is 0.643. The summed E-state index contributed by atoms with van der Waals surface area (Å²) in [7, 11) is 0. The Kier molecular flexibility index (Phi) is 4.82. The Labute approximate surface area is 124 Å². The van der Waals surface area contributed by atoms with Crippen molar-refractivity contribution in [2.24, 2.45) is 0 Å². The van der Waals surface area contributed by atoms with E-state index in [1.807, 2.05) is 10.8 Å². The first-order chi connectivity index (χ1) is 10.0. The van der Waals surface area contributed by atoms with Crippen LogP contribution in [0.1, 0.15) is 32.6 Å². The number of imidazole rings is 1. The fourth-order valence-electron chi connectivity index (χ4n) is 2.64. The van der Waals surface area contributed by atoms with Crippen molar-refractivity contribution in [3.63, 3.8) is 0 Å². The van der Waals surface area contributed by atoms with Crippen LogP contribution in [0, 0.1) is 0 Å². The highest BCUT2D eigenvalue weighted by Gasteiger charge is 2.43. The van der Waals surface area contributed by atoms with Crippen molar-refractivity contribution in [2.45, 2.75) is 44.7 Å². The maximum absolute atomic E-state index is 12.2. The molecule has 2 N–H and O–H groups in total. The van der Waals surface area contributed by atoms with Crippen molar-refractivity contribution in [1.82, 2.24) is 19.8 Å². The summed E-state index contributed by atoms with van der Waals surface area (Å²) in [4.78, 5) is 29.1. The minimum Gasteiger partial charge on any atom is -0.480 e. The van der Waals surface area contributed by atoms with E-state index in [9.17, 15) is 14.7 Å². The third kappa shape index (κ3) is 3.53. The number of piperidine rings is 1. The molecule has 7 heteroatoms. The highest BCUT2D eigenvalue weighted by molar-refractivity contribution is 5.86. The average molecular weight is 294 g/mol. The molecule has 1 aromatic rings. The number of rotatable bonds is 5. The third-order valence-corrected chi connectivity index (χ3v) is 4.03. The Hall–Kier alpha value is -2.05. The molecule has 2 heterocycles. The molecule has 116 valence electrons. The number of carbonyl (C=O) groups excluding carboxylic acids is 1. The zero-order chi connectivity index (χ0) is 15.3. The predicted molar refractivity (Wildman–Crippen MR) is 76.8 cm³/mol. The minimum absolute atomic E-state index is 0.287. The molecule has 0 aromatic carbocycles. The van der Waals surface area contributed by atoms with Gasteiger partial charge in [-0.15, -0.1) is 0 Å². The molecule has 0 radical (unpaired) electrons. The van der Waals surface area contributed by atoms with Gasteiger partial charge in [0.25, 0.3) is 0 Å². The van der Waals surface area contributed by atoms with Crippen LogP contribution in [0.15, 0.2) is 18.7 Å². The van der Waals surface area contributed by atoms with E-state index < -0.39 is 11.5 Å². The van der Waals surface area contributed by atoms with E-state index in [0.29, 0.717) is 19.5 Å².